The van der Waals surface area contributed by atoms with Gasteiger partial charge in [-0.1, -0.05) is 121 Å². The Morgan fingerprint density at radius 3 is 1.70 bits per heavy atom. The predicted molar refractivity (Wildman–Crippen MR) is 189 cm³/mol. The molecule has 0 N–H and O–H groups in total. The fourth-order valence-electron chi connectivity index (χ4n) is 6.46. The smallest absolute Gasteiger partial charge is 0.0972 e. The first-order valence-electron chi connectivity index (χ1n) is 15.4. The van der Waals surface area contributed by atoms with Gasteiger partial charge in [-0.25, -0.2) is 15.0 Å². The van der Waals surface area contributed by atoms with Crippen molar-refractivity contribution in [2.75, 3.05) is 0 Å². The molecule has 9 rings (SSSR count). The highest BCUT2D eigenvalue weighted by atomic mass is 14.8. The lowest BCUT2D eigenvalue weighted by Gasteiger charge is -2.14. The van der Waals surface area contributed by atoms with E-state index in [0.29, 0.717) is 0 Å². The summed E-state index contributed by atoms with van der Waals surface area (Å²) in [7, 11) is 0. The molecule has 46 heavy (non-hydrogen) atoms. The molecule has 0 radical (unpaired) electrons. The van der Waals surface area contributed by atoms with Gasteiger partial charge in [-0.15, -0.1) is 0 Å². The number of rotatable bonds is 4. The summed E-state index contributed by atoms with van der Waals surface area (Å²) in [5.74, 6) is 0. The normalized spacial score (nSPS) is 11.5. The van der Waals surface area contributed by atoms with Gasteiger partial charge < -0.3 is 0 Å². The van der Waals surface area contributed by atoms with E-state index < -0.39 is 0 Å². The summed E-state index contributed by atoms with van der Waals surface area (Å²) in [6.45, 7) is 0. The highest BCUT2D eigenvalue weighted by Crippen LogP contribution is 2.38. The Morgan fingerprint density at radius 1 is 0.370 bits per heavy atom. The zero-order chi connectivity index (χ0) is 30.5. The van der Waals surface area contributed by atoms with Crippen LogP contribution in [0.3, 0.4) is 0 Å². The van der Waals surface area contributed by atoms with E-state index in [1.807, 2.05) is 48.7 Å². The SMILES string of the molecule is c1ccc(-c2ccc3ccc4ccc(-c5ccc(-c6cccc7c(-c8ccccn8)nc8ccccc8c67)cc5)nc4c3n2)cc1. The zero-order valence-corrected chi connectivity index (χ0v) is 24.8. The first-order valence-corrected chi connectivity index (χ1v) is 15.4. The van der Waals surface area contributed by atoms with Crippen LogP contribution in [-0.2, 0) is 0 Å². The van der Waals surface area contributed by atoms with E-state index in [2.05, 4.69) is 114 Å². The van der Waals surface area contributed by atoms with Gasteiger partial charge in [0, 0.05) is 44.3 Å². The molecule has 0 saturated heterocycles. The lowest BCUT2D eigenvalue weighted by molar-refractivity contribution is 1.29. The fourth-order valence-corrected chi connectivity index (χ4v) is 6.46. The highest BCUT2D eigenvalue weighted by molar-refractivity contribution is 6.16. The van der Waals surface area contributed by atoms with Gasteiger partial charge in [0.2, 0.25) is 0 Å². The van der Waals surface area contributed by atoms with Crippen LogP contribution in [0.15, 0.2) is 158 Å². The van der Waals surface area contributed by atoms with Gasteiger partial charge in [0.1, 0.15) is 0 Å². The number of fused-ring (bicyclic) bond motifs is 6. The van der Waals surface area contributed by atoms with Crippen molar-refractivity contribution in [1.29, 1.82) is 0 Å². The molecule has 0 amide bonds. The molecule has 4 heterocycles. The van der Waals surface area contributed by atoms with Crippen LogP contribution in [0.5, 0.6) is 0 Å². The average molecular weight is 587 g/mol. The summed E-state index contributed by atoms with van der Waals surface area (Å²) in [6, 6.07) is 52.5. The molecule has 0 saturated carbocycles. The topological polar surface area (TPSA) is 51.6 Å². The van der Waals surface area contributed by atoms with Crippen LogP contribution in [0.25, 0.3) is 88.5 Å². The Balaban J connectivity index is 1.17. The fraction of sp³-hybridized carbons (Fsp3) is 0. The minimum atomic E-state index is 0.867. The van der Waals surface area contributed by atoms with Gasteiger partial charge in [-0.2, -0.15) is 0 Å². The highest BCUT2D eigenvalue weighted by Gasteiger charge is 2.15. The van der Waals surface area contributed by atoms with Gasteiger partial charge in [-0.3, -0.25) is 4.98 Å². The van der Waals surface area contributed by atoms with Crippen molar-refractivity contribution >= 4 is 43.5 Å². The molecule has 0 fully saturated rings. The second kappa shape index (κ2) is 10.7. The van der Waals surface area contributed by atoms with Crippen LogP contribution in [0.1, 0.15) is 0 Å². The Kier molecular flexibility index (Phi) is 6.10. The van der Waals surface area contributed by atoms with Crippen molar-refractivity contribution in [3.8, 4) is 45.0 Å². The number of para-hydroxylation sites is 1. The molecule has 0 aliphatic rings. The molecular formula is C42H26N4. The maximum Gasteiger partial charge on any atom is 0.0972 e. The Labute approximate surface area is 265 Å². The number of nitrogens with zero attached hydrogens (tertiary/aromatic N) is 4. The summed E-state index contributed by atoms with van der Waals surface area (Å²) >= 11 is 0. The lowest BCUT2D eigenvalue weighted by atomic mass is 9.93. The molecule has 4 nitrogen and oxygen atoms in total. The van der Waals surface area contributed by atoms with Crippen LogP contribution in [-0.4, -0.2) is 19.9 Å². The minimum Gasteiger partial charge on any atom is -0.255 e. The number of hydrogen-bond acceptors (Lipinski definition) is 4. The molecule has 4 heteroatoms. The second-order valence-corrected chi connectivity index (χ2v) is 11.5. The van der Waals surface area contributed by atoms with Crippen LogP contribution < -0.4 is 0 Å². The standard InChI is InChI=1S/C42H26N4/c1-2-9-28(10-3-1)35-24-22-30-20-21-31-23-25-36(45-41(31)40(30)44-35)29-18-16-27(17-19-29)32-12-8-13-34-39(32)33-11-4-5-14-37(33)46-42(34)38-15-6-7-26-43-38/h1-26H. The number of hydrogen-bond donors (Lipinski definition) is 0. The summed E-state index contributed by atoms with van der Waals surface area (Å²) in [5, 5.41) is 5.55. The Hall–Kier alpha value is -6.26. The van der Waals surface area contributed by atoms with Gasteiger partial charge in [0.05, 0.1) is 39.3 Å². The van der Waals surface area contributed by atoms with E-state index >= 15 is 0 Å². The average Bonchev–Trinajstić information content (AvgIpc) is 3.14. The molecule has 4 aromatic heterocycles. The molecule has 0 aliphatic carbocycles. The van der Waals surface area contributed by atoms with Crippen molar-refractivity contribution in [2.24, 2.45) is 0 Å². The third-order valence-corrected chi connectivity index (χ3v) is 8.71. The van der Waals surface area contributed by atoms with E-state index in [4.69, 9.17) is 15.0 Å². The summed E-state index contributed by atoms with van der Waals surface area (Å²) in [6.07, 6.45) is 1.82. The van der Waals surface area contributed by atoms with Gasteiger partial charge >= 0.3 is 0 Å². The van der Waals surface area contributed by atoms with Gasteiger partial charge in [0.15, 0.2) is 0 Å². The van der Waals surface area contributed by atoms with Crippen LogP contribution >= 0.6 is 0 Å². The third kappa shape index (κ3) is 4.39. The molecule has 0 unspecified atom stereocenters. The first kappa shape index (κ1) is 26.2. The molecule has 9 aromatic rings. The maximum absolute atomic E-state index is 5.17. The molecule has 214 valence electrons. The largest absolute Gasteiger partial charge is 0.255 e. The molecule has 0 bridgehead atoms. The van der Waals surface area contributed by atoms with Crippen molar-refractivity contribution in [3.63, 3.8) is 0 Å². The van der Waals surface area contributed by atoms with Crippen molar-refractivity contribution in [1.82, 2.24) is 19.9 Å². The number of pyridine rings is 4. The first-order chi connectivity index (χ1) is 22.8. The minimum absolute atomic E-state index is 0.867. The van der Waals surface area contributed by atoms with E-state index in [9.17, 15) is 0 Å². The van der Waals surface area contributed by atoms with E-state index in [0.717, 1.165) is 83.1 Å². The number of aromatic nitrogens is 4. The molecule has 0 aliphatic heterocycles. The van der Waals surface area contributed by atoms with E-state index in [1.54, 1.807) is 0 Å². The van der Waals surface area contributed by atoms with Crippen molar-refractivity contribution in [3.05, 3.63) is 158 Å². The summed E-state index contributed by atoms with van der Waals surface area (Å²) < 4.78 is 0. The predicted octanol–water partition coefficient (Wildman–Crippen LogP) is 10.5. The van der Waals surface area contributed by atoms with Crippen molar-refractivity contribution < 1.29 is 0 Å². The Morgan fingerprint density at radius 2 is 0.978 bits per heavy atom. The second-order valence-electron chi connectivity index (χ2n) is 11.5. The maximum atomic E-state index is 5.17. The van der Waals surface area contributed by atoms with E-state index in [1.165, 1.54) is 5.39 Å². The molecule has 5 aromatic carbocycles. The van der Waals surface area contributed by atoms with Gasteiger partial charge in [0.25, 0.3) is 0 Å². The zero-order valence-electron chi connectivity index (χ0n) is 24.8. The van der Waals surface area contributed by atoms with Crippen molar-refractivity contribution in [2.45, 2.75) is 0 Å². The van der Waals surface area contributed by atoms with E-state index in [-0.39, 0.29) is 0 Å². The number of benzene rings is 5. The van der Waals surface area contributed by atoms with Gasteiger partial charge in [-0.05, 0) is 41.5 Å². The summed E-state index contributed by atoms with van der Waals surface area (Å²) in [4.78, 5) is 19.9. The molecular weight excluding hydrogens is 560 g/mol. The third-order valence-electron chi connectivity index (χ3n) is 8.71. The monoisotopic (exact) mass is 586 g/mol. The van der Waals surface area contributed by atoms with Crippen LogP contribution in [0.4, 0.5) is 0 Å². The lowest BCUT2D eigenvalue weighted by Crippen LogP contribution is -1.93. The quantitative estimate of drug-likeness (QED) is 0.193. The van der Waals surface area contributed by atoms with Crippen LogP contribution in [0.2, 0.25) is 0 Å². The Bertz CT molecular complexity index is 2560. The van der Waals surface area contributed by atoms with Crippen LogP contribution in [0, 0.1) is 0 Å². The summed E-state index contributed by atoms with van der Waals surface area (Å²) in [5.41, 5.74) is 10.9. The molecule has 0 spiro atoms. The molecule has 0 atom stereocenters.